The number of oxime groups is 1. The zero-order valence-corrected chi connectivity index (χ0v) is 20.2. The number of carbonyl (C=O) groups excluding carboxylic acids is 3. The Labute approximate surface area is 207 Å². The van der Waals surface area contributed by atoms with Gasteiger partial charge in [0.1, 0.15) is 43.1 Å². The van der Waals surface area contributed by atoms with Crippen molar-refractivity contribution in [1.29, 1.82) is 0 Å². The molecular formula is C19H24N8O6S2. The molecule has 3 aliphatic heterocycles. The third kappa shape index (κ3) is 4.64. The number of carboxylic acid groups (broad SMARTS) is 1. The zero-order chi connectivity index (χ0) is 25.3. The van der Waals surface area contributed by atoms with Gasteiger partial charge in [0, 0.05) is 22.8 Å². The molecule has 7 N–H and O–H groups in total. The Morgan fingerprint density at radius 3 is 2.86 bits per heavy atom. The summed E-state index contributed by atoms with van der Waals surface area (Å²) >= 11 is 2.44. The fourth-order valence-corrected chi connectivity index (χ4v) is 6.03. The summed E-state index contributed by atoms with van der Waals surface area (Å²) in [6, 6.07) is -0.969. The molecule has 3 aliphatic rings. The maximum absolute atomic E-state index is 13.0. The minimum absolute atomic E-state index is 0.116. The topological polar surface area (TPSA) is 204 Å². The van der Waals surface area contributed by atoms with Crippen LogP contribution in [-0.2, 0) is 19.2 Å². The van der Waals surface area contributed by atoms with E-state index < -0.39 is 29.2 Å². The van der Waals surface area contributed by atoms with Gasteiger partial charge in [-0.15, -0.1) is 23.1 Å². The second-order valence-corrected chi connectivity index (χ2v) is 9.74. The Bertz CT molecular complexity index is 1130. The third-order valence-electron chi connectivity index (χ3n) is 5.67. The van der Waals surface area contributed by atoms with Gasteiger partial charge >= 0.3 is 0 Å². The molecular weight excluding hydrogens is 500 g/mol. The monoisotopic (exact) mass is 524 g/mol. The number of fused-ring (bicyclic) bond motifs is 1. The van der Waals surface area contributed by atoms with Gasteiger partial charge in [0.25, 0.3) is 11.8 Å². The number of hydrogen-bond donors (Lipinski definition) is 5. The second kappa shape index (κ2) is 10.1. The number of β-lactam (4-membered cyclic amide) rings is 1. The highest BCUT2D eigenvalue weighted by Crippen LogP contribution is 2.39. The van der Waals surface area contributed by atoms with Gasteiger partial charge in [0.05, 0.1) is 24.8 Å². The molecule has 1 unspecified atom stereocenters. The number of quaternary nitrogens is 1. The Hall–Kier alpha value is -3.34. The lowest BCUT2D eigenvalue weighted by molar-refractivity contribution is -0.994. The number of aromatic nitrogens is 1. The summed E-state index contributed by atoms with van der Waals surface area (Å²) < 4.78 is 0. The Kier molecular flexibility index (Phi) is 7.15. The number of thiazole rings is 1. The van der Waals surface area contributed by atoms with Gasteiger partial charge in [-0.05, 0) is 0 Å². The minimum Gasteiger partial charge on any atom is -0.543 e. The number of rotatable bonds is 9. The smallest absolute Gasteiger partial charge is 0.276 e. The molecule has 3 atom stereocenters. The van der Waals surface area contributed by atoms with E-state index in [-0.39, 0.29) is 41.9 Å². The molecule has 16 heteroatoms. The highest BCUT2D eigenvalue weighted by atomic mass is 32.2. The predicted octanol–water partition coefficient (Wildman–Crippen LogP) is -4.61. The molecule has 35 heavy (non-hydrogen) atoms. The number of β-amino-alcohol motifs (C(OH)–C–C–N with tert-alkyl or cyclic N) is 1. The lowest BCUT2D eigenvalue weighted by Crippen LogP contribution is -3.16. The number of aliphatic carboxylic acids is 1. The number of nitrogens with one attached hydrogen (secondary N) is 2. The molecule has 1 aromatic rings. The maximum Gasteiger partial charge on any atom is 0.276 e. The van der Waals surface area contributed by atoms with Crippen LogP contribution < -0.4 is 26.9 Å². The zero-order valence-electron chi connectivity index (χ0n) is 18.6. The average molecular weight is 525 g/mol. The van der Waals surface area contributed by atoms with E-state index in [9.17, 15) is 24.6 Å². The predicted molar refractivity (Wildman–Crippen MR) is 124 cm³/mol. The van der Waals surface area contributed by atoms with Crippen molar-refractivity contribution in [3.05, 3.63) is 34.2 Å². The Balaban J connectivity index is 1.50. The number of carbonyl (C=O) groups is 3. The summed E-state index contributed by atoms with van der Waals surface area (Å²) in [6.45, 7) is 0.944. The highest BCUT2D eigenvalue weighted by Gasteiger charge is 2.53. The van der Waals surface area contributed by atoms with E-state index in [2.05, 4.69) is 15.5 Å². The molecule has 0 aromatic carbocycles. The van der Waals surface area contributed by atoms with E-state index in [0.29, 0.717) is 23.7 Å². The van der Waals surface area contributed by atoms with Crippen molar-refractivity contribution in [2.24, 2.45) is 10.9 Å². The molecule has 0 aliphatic carbocycles. The maximum atomic E-state index is 13.0. The number of aliphatic hydroxyl groups is 1. The van der Waals surface area contributed by atoms with E-state index in [1.54, 1.807) is 11.1 Å². The van der Waals surface area contributed by atoms with Gasteiger partial charge in [-0.3, -0.25) is 14.5 Å². The first kappa shape index (κ1) is 24.8. The number of thioether (sulfide) groups is 1. The summed E-state index contributed by atoms with van der Waals surface area (Å²) in [5, 5.41) is 31.3. The lowest BCUT2D eigenvalue weighted by atomic mass is 10.0. The van der Waals surface area contributed by atoms with Crippen molar-refractivity contribution in [3.63, 3.8) is 0 Å². The van der Waals surface area contributed by atoms with Crippen LogP contribution in [0.15, 0.2) is 33.7 Å². The SMILES string of the molecule is CO/N=C(\C(=O)N[C@@H]1C(=O)N2C(C(=O)[O-])=C(C[NH+]3CC=C(N)N3CCO)CS[C@H]12)c1csc(N)n1. The van der Waals surface area contributed by atoms with Crippen molar-refractivity contribution in [2.75, 3.05) is 44.8 Å². The summed E-state index contributed by atoms with van der Waals surface area (Å²) in [6.07, 6.45) is 1.79. The van der Waals surface area contributed by atoms with Crippen molar-refractivity contribution >= 4 is 51.7 Å². The molecule has 2 amide bonds. The molecule has 0 spiro atoms. The van der Waals surface area contributed by atoms with Gasteiger partial charge in [-0.1, -0.05) is 5.16 Å². The van der Waals surface area contributed by atoms with Gasteiger partial charge < -0.3 is 36.6 Å². The van der Waals surface area contributed by atoms with Crippen molar-refractivity contribution in [2.45, 2.75) is 11.4 Å². The third-order valence-corrected chi connectivity index (χ3v) is 7.68. The van der Waals surface area contributed by atoms with Crippen LogP contribution in [0.25, 0.3) is 0 Å². The molecule has 0 bridgehead atoms. The fourth-order valence-electron chi connectivity index (χ4n) is 4.14. The van der Waals surface area contributed by atoms with E-state index in [1.807, 2.05) is 0 Å². The number of anilines is 1. The summed E-state index contributed by atoms with van der Waals surface area (Å²) in [5.74, 6) is -1.96. The van der Waals surface area contributed by atoms with E-state index >= 15 is 0 Å². The lowest BCUT2D eigenvalue weighted by Gasteiger charge is -2.50. The molecule has 1 saturated heterocycles. The molecule has 0 radical (unpaired) electrons. The number of nitrogen functional groups attached to an aromatic ring is 1. The number of hydrogen-bond acceptors (Lipinski definition) is 13. The first-order chi connectivity index (χ1) is 16.8. The van der Waals surface area contributed by atoms with Crippen LogP contribution >= 0.6 is 23.1 Å². The number of amides is 2. The van der Waals surface area contributed by atoms with Crippen LogP contribution in [0.3, 0.4) is 0 Å². The normalized spacial score (nSPS) is 24.2. The summed E-state index contributed by atoms with van der Waals surface area (Å²) in [7, 11) is 1.27. The number of nitrogens with two attached hydrogens (primary N) is 2. The number of aliphatic hydroxyl groups excluding tert-OH is 1. The molecule has 1 fully saturated rings. The van der Waals surface area contributed by atoms with Crippen molar-refractivity contribution in [3.8, 4) is 0 Å². The van der Waals surface area contributed by atoms with Crippen molar-refractivity contribution < 1.29 is 34.4 Å². The standard InChI is InChI=1S/C19H24N8O6S2/c1-33-24-12(10-8-35-19(21)22-10)15(29)23-13-16(30)27-14(18(31)32)9(7-34-17(13)27)6-25-3-2-11(20)26(25)4-5-28/h2,8,13,17,28H,3-7,20H2,1H3,(H2,21,22)(H,23,29)(H,31,32)/b24-12-/t13-,17-/m1/s1. The Morgan fingerprint density at radius 1 is 1.46 bits per heavy atom. The summed E-state index contributed by atoms with van der Waals surface area (Å²) in [4.78, 5) is 47.7. The van der Waals surface area contributed by atoms with Crippen LogP contribution in [0.2, 0.25) is 0 Å². The highest BCUT2D eigenvalue weighted by molar-refractivity contribution is 8.00. The first-order valence-corrected chi connectivity index (χ1v) is 12.4. The van der Waals surface area contributed by atoms with Gasteiger partial charge in [0.2, 0.25) is 0 Å². The number of nitrogens with zero attached hydrogens (tertiary/aromatic N) is 4. The molecule has 0 saturated carbocycles. The molecule has 188 valence electrons. The van der Waals surface area contributed by atoms with E-state index in [0.717, 1.165) is 21.2 Å². The Morgan fingerprint density at radius 2 is 2.23 bits per heavy atom. The molecule has 1 aromatic heterocycles. The summed E-state index contributed by atoms with van der Waals surface area (Å²) in [5.41, 5.74) is 11.9. The van der Waals surface area contributed by atoms with Crippen LogP contribution in [-0.4, -0.2) is 94.0 Å². The second-order valence-electron chi connectivity index (χ2n) is 7.75. The first-order valence-electron chi connectivity index (χ1n) is 10.5. The quantitative estimate of drug-likeness (QED) is 0.118. The average Bonchev–Trinajstić information content (AvgIpc) is 3.41. The van der Waals surface area contributed by atoms with Crippen LogP contribution in [0, 0.1) is 0 Å². The van der Waals surface area contributed by atoms with Crippen LogP contribution in [0.1, 0.15) is 5.69 Å². The van der Waals surface area contributed by atoms with E-state index in [4.69, 9.17) is 16.3 Å². The largest absolute Gasteiger partial charge is 0.543 e. The van der Waals surface area contributed by atoms with Gasteiger partial charge in [-0.25, -0.2) is 15.0 Å². The van der Waals surface area contributed by atoms with E-state index in [1.165, 1.54) is 24.3 Å². The fraction of sp³-hybridized carbons (Fsp3) is 0.421. The minimum atomic E-state index is -1.48. The molecule has 4 rings (SSSR count). The number of carboxylic acids is 1. The van der Waals surface area contributed by atoms with Crippen LogP contribution in [0.5, 0.6) is 0 Å². The molecule has 14 nitrogen and oxygen atoms in total. The van der Waals surface area contributed by atoms with Crippen LogP contribution in [0.4, 0.5) is 5.13 Å². The molecule has 4 heterocycles. The van der Waals surface area contributed by atoms with Gasteiger partial charge in [0.15, 0.2) is 10.8 Å². The van der Waals surface area contributed by atoms with Gasteiger partial charge in [-0.2, -0.15) is 0 Å². The van der Waals surface area contributed by atoms with Crippen molar-refractivity contribution in [1.82, 2.24) is 20.2 Å².